The number of para-hydroxylation sites is 1. The average Bonchev–Trinajstić information content (AvgIpc) is 3.43. The van der Waals surface area contributed by atoms with Crippen LogP contribution in [0.2, 0.25) is 12.6 Å². The highest BCUT2D eigenvalue weighted by Crippen LogP contribution is 2.35. The normalized spacial score (nSPS) is 16.2. The van der Waals surface area contributed by atoms with E-state index < -0.39 is 42.0 Å². The number of carbonyl (C=O) groups excluding carboxylic acids is 2. The van der Waals surface area contributed by atoms with Crippen molar-refractivity contribution in [1.82, 2.24) is 9.88 Å². The first-order valence-electron chi connectivity index (χ1n) is 16.2. The van der Waals surface area contributed by atoms with Gasteiger partial charge in [0.05, 0.1) is 0 Å². The number of carbonyl (C=O) groups is 2. The summed E-state index contributed by atoms with van der Waals surface area (Å²) in [4.78, 5) is 33.2. The maximum absolute atomic E-state index is 14.4. The minimum atomic E-state index is -3.30. The van der Waals surface area contributed by atoms with E-state index in [1.165, 1.54) is 30.0 Å². The van der Waals surface area contributed by atoms with Crippen molar-refractivity contribution in [3.05, 3.63) is 71.2 Å². The minimum absolute atomic E-state index is 0.0359. The number of amides is 1. The first-order chi connectivity index (χ1) is 22.7. The van der Waals surface area contributed by atoms with Crippen LogP contribution in [0, 0.1) is 5.41 Å². The number of benzene rings is 2. The lowest BCUT2D eigenvalue weighted by atomic mass is 9.87. The van der Waals surface area contributed by atoms with Crippen LogP contribution in [-0.2, 0) is 14.6 Å². The molecule has 1 amide bonds. The van der Waals surface area contributed by atoms with Gasteiger partial charge in [0.1, 0.15) is 17.7 Å². The zero-order valence-electron chi connectivity index (χ0n) is 29.7. The lowest BCUT2D eigenvalue weighted by Gasteiger charge is -2.47. The molecule has 2 atom stereocenters. The lowest BCUT2D eigenvalue weighted by molar-refractivity contribution is -0.372. The number of hydrogen-bond donors (Lipinski definition) is 3. The summed E-state index contributed by atoms with van der Waals surface area (Å²) >= 11 is 2.52. The summed E-state index contributed by atoms with van der Waals surface area (Å²) < 4.78 is 12.4. The molecule has 265 valence electrons. The Labute approximate surface area is 302 Å². The molecule has 2 heterocycles. The first-order valence-corrected chi connectivity index (χ1v) is 21.1. The molecule has 4 rings (SSSR count). The molecule has 3 N–H and O–H groups in total. The molecule has 1 aliphatic heterocycles. The summed E-state index contributed by atoms with van der Waals surface area (Å²) in [6.07, 6.45) is -1.19. The van der Waals surface area contributed by atoms with Crippen LogP contribution in [0.4, 0.5) is 5.13 Å². The molecular weight excluding hydrogens is 695 g/mol. The Balaban J connectivity index is 1.73. The van der Waals surface area contributed by atoms with Crippen molar-refractivity contribution in [1.29, 1.82) is 0 Å². The number of anilines is 1. The van der Waals surface area contributed by atoms with Crippen LogP contribution in [-0.4, -0.2) is 90.7 Å². The van der Waals surface area contributed by atoms with Crippen molar-refractivity contribution in [3.63, 3.8) is 0 Å². The molecule has 3 radical (unpaired) electrons. The Morgan fingerprint density at radius 1 is 1.06 bits per heavy atom. The van der Waals surface area contributed by atoms with Gasteiger partial charge in [-0.2, -0.15) is 0 Å². The molecular formula is C35H48N3O7S2Si2. The Morgan fingerprint density at radius 2 is 1.67 bits per heavy atom. The van der Waals surface area contributed by atoms with Gasteiger partial charge in [-0.15, -0.1) is 11.3 Å². The molecule has 0 bridgehead atoms. The number of aliphatic hydroxyl groups is 3. The van der Waals surface area contributed by atoms with Crippen LogP contribution in [0.1, 0.15) is 71.4 Å². The molecule has 0 spiro atoms. The van der Waals surface area contributed by atoms with Gasteiger partial charge in [0, 0.05) is 30.6 Å². The molecule has 14 heteroatoms. The summed E-state index contributed by atoms with van der Waals surface area (Å²) in [5.41, 5.74) is -1.89. The zero-order chi connectivity index (χ0) is 36.4. The number of thiazole rings is 1. The molecule has 2 aromatic carbocycles. The summed E-state index contributed by atoms with van der Waals surface area (Å²) in [5, 5.41) is 39.6. The van der Waals surface area contributed by atoms with Gasteiger partial charge in [0.2, 0.25) is 9.04 Å². The van der Waals surface area contributed by atoms with E-state index in [9.17, 15) is 24.9 Å². The van der Waals surface area contributed by atoms with E-state index in [0.29, 0.717) is 23.4 Å². The van der Waals surface area contributed by atoms with Gasteiger partial charge in [0.15, 0.2) is 19.8 Å². The standard InChI is InChI=1S/C35H48N3O7S2Si2/c1-23(45-49(9)22-32(3,4)5)38(30(40)29-21-46-31(36-29)37-19-27(20-37)47-24(2)39)34(41,42)35(43,44-26-13-11-10-12-14-26)48-28-17-15-25(16-18-28)33(6,7)8/h10-18,21,23,27,41-43H,19-20,22H2,1-9H3. The van der Waals surface area contributed by atoms with Crippen LogP contribution in [0.25, 0.3) is 0 Å². The molecule has 49 heavy (non-hydrogen) atoms. The van der Waals surface area contributed by atoms with E-state index in [-0.39, 0.29) is 32.6 Å². The molecule has 1 fully saturated rings. The Kier molecular flexibility index (Phi) is 12.3. The fraction of sp³-hybridized carbons (Fsp3) is 0.514. The topological polar surface area (TPSA) is 133 Å². The van der Waals surface area contributed by atoms with Crippen molar-refractivity contribution in [2.45, 2.75) is 96.2 Å². The fourth-order valence-corrected chi connectivity index (χ4v) is 10.7. The third-order valence-corrected chi connectivity index (χ3v) is 13.3. The van der Waals surface area contributed by atoms with Gasteiger partial charge in [0.25, 0.3) is 11.3 Å². The van der Waals surface area contributed by atoms with Crippen molar-refractivity contribution in [2.24, 2.45) is 5.41 Å². The van der Waals surface area contributed by atoms with E-state index in [1.54, 1.807) is 42.6 Å². The van der Waals surface area contributed by atoms with Crippen LogP contribution in [0.15, 0.2) is 60.0 Å². The quantitative estimate of drug-likeness (QED) is 0.166. The van der Waals surface area contributed by atoms with Gasteiger partial charge in [-0.05, 0) is 48.0 Å². The summed E-state index contributed by atoms with van der Waals surface area (Å²) in [5.74, 6) is -3.96. The highest BCUT2D eigenvalue weighted by atomic mass is 32.2. The van der Waals surface area contributed by atoms with Gasteiger partial charge >= 0.3 is 5.91 Å². The Hall–Kier alpha value is -2.57. The SMILES string of the molecule is CC(=O)SC1CN(c2nc(C(=O)N(C(C)O[Si](C)CC(C)(C)C)C(O)(O)C(O)(Oc3ccccc3)[Si]c3ccc(C(C)(C)C)cc3)cs2)C1. The van der Waals surface area contributed by atoms with E-state index in [1.807, 2.05) is 35.7 Å². The molecule has 1 saturated heterocycles. The van der Waals surface area contributed by atoms with Crippen molar-refractivity contribution in [2.75, 3.05) is 18.0 Å². The predicted molar refractivity (Wildman–Crippen MR) is 199 cm³/mol. The summed E-state index contributed by atoms with van der Waals surface area (Å²) in [7, 11) is -2.29. The number of nitrogens with zero attached hydrogens (tertiary/aromatic N) is 3. The molecule has 1 aromatic heterocycles. The highest BCUT2D eigenvalue weighted by molar-refractivity contribution is 8.14. The molecule has 0 aliphatic carbocycles. The second-order valence-electron chi connectivity index (χ2n) is 14.6. The van der Waals surface area contributed by atoms with E-state index in [4.69, 9.17) is 9.16 Å². The third kappa shape index (κ3) is 10.0. The third-order valence-electron chi connectivity index (χ3n) is 7.76. The Bertz CT molecular complexity index is 1570. The highest BCUT2D eigenvalue weighted by Gasteiger charge is 2.59. The fourth-order valence-electron chi connectivity index (χ4n) is 5.48. The monoisotopic (exact) mass is 742 g/mol. The molecule has 10 nitrogen and oxygen atoms in total. The average molecular weight is 743 g/mol. The van der Waals surface area contributed by atoms with Crippen molar-refractivity contribution in [3.8, 4) is 5.75 Å². The van der Waals surface area contributed by atoms with Crippen LogP contribution >= 0.6 is 23.1 Å². The van der Waals surface area contributed by atoms with Gasteiger partial charge in [-0.25, -0.2) is 4.98 Å². The van der Waals surface area contributed by atoms with Gasteiger partial charge < -0.3 is 29.4 Å². The van der Waals surface area contributed by atoms with Crippen LogP contribution < -0.4 is 14.8 Å². The number of thioether (sulfide) groups is 1. The maximum Gasteiger partial charge on any atom is 0.315 e. The summed E-state index contributed by atoms with van der Waals surface area (Å²) in [6.45, 7) is 18.8. The smallest absolute Gasteiger partial charge is 0.315 e. The molecule has 1 aliphatic rings. The molecule has 3 aromatic rings. The van der Waals surface area contributed by atoms with E-state index >= 15 is 0 Å². The first kappa shape index (κ1) is 39.2. The van der Waals surface area contributed by atoms with E-state index in [0.717, 1.165) is 16.5 Å². The number of hydrogen-bond acceptors (Lipinski definition) is 11. The number of ether oxygens (including phenoxy) is 1. The van der Waals surface area contributed by atoms with Crippen LogP contribution in [0.3, 0.4) is 0 Å². The minimum Gasteiger partial charge on any atom is -0.459 e. The Morgan fingerprint density at radius 3 is 2.22 bits per heavy atom. The molecule has 0 saturated carbocycles. The van der Waals surface area contributed by atoms with E-state index in [2.05, 4.69) is 46.5 Å². The van der Waals surface area contributed by atoms with Crippen LogP contribution in [0.5, 0.6) is 5.75 Å². The number of aromatic nitrogens is 1. The summed E-state index contributed by atoms with van der Waals surface area (Å²) in [6, 6.07) is 16.6. The second-order valence-corrected chi connectivity index (χ2v) is 20.4. The van der Waals surface area contributed by atoms with Crippen molar-refractivity contribution >= 4 is 63.0 Å². The largest absolute Gasteiger partial charge is 0.459 e. The molecule has 2 unspecified atom stereocenters. The van der Waals surface area contributed by atoms with Gasteiger partial charge in [-0.3, -0.25) is 14.5 Å². The lowest BCUT2D eigenvalue weighted by Crippen LogP contribution is -2.74. The van der Waals surface area contributed by atoms with Gasteiger partial charge in [-0.1, -0.05) is 101 Å². The maximum atomic E-state index is 14.4. The number of rotatable bonds is 13. The van der Waals surface area contributed by atoms with Crippen molar-refractivity contribution < 1.29 is 34.1 Å². The second kappa shape index (κ2) is 15.4. The predicted octanol–water partition coefficient (Wildman–Crippen LogP) is 4.77. The zero-order valence-corrected chi connectivity index (χ0v) is 33.3.